The summed E-state index contributed by atoms with van der Waals surface area (Å²) >= 11 is 0. The first-order valence-electron chi connectivity index (χ1n) is 6.89. The van der Waals surface area contributed by atoms with E-state index in [4.69, 9.17) is 5.73 Å². The average molecular weight is 256 g/mol. The lowest BCUT2D eigenvalue weighted by Gasteiger charge is -2.35. The molecular formula is C15H20N4. The Morgan fingerprint density at radius 2 is 1.95 bits per heavy atom. The highest BCUT2D eigenvalue weighted by Crippen LogP contribution is 2.26. The fourth-order valence-electron chi connectivity index (χ4n) is 2.71. The van der Waals surface area contributed by atoms with E-state index >= 15 is 0 Å². The standard InChI is InChI=1S/C15H20N4/c1-2-18-7-9-19(10-8-18)15-14-4-3-13(16)11-12(14)5-6-17-15/h3-6,11H,2,7-10,16H2,1H3. The predicted molar refractivity (Wildman–Crippen MR) is 80.5 cm³/mol. The van der Waals surface area contributed by atoms with Gasteiger partial charge in [0, 0.05) is 43.4 Å². The van der Waals surface area contributed by atoms with Gasteiger partial charge in [0.2, 0.25) is 0 Å². The number of rotatable bonds is 2. The molecule has 19 heavy (non-hydrogen) atoms. The number of aromatic nitrogens is 1. The van der Waals surface area contributed by atoms with E-state index in [9.17, 15) is 0 Å². The second kappa shape index (κ2) is 5.05. The number of pyridine rings is 1. The van der Waals surface area contributed by atoms with Crippen LogP contribution in [0.4, 0.5) is 11.5 Å². The summed E-state index contributed by atoms with van der Waals surface area (Å²) in [6.45, 7) is 7.67. The Morgan fingerprint density at radius 3 is 2.68 bits per heavy atom. The SMILES string of the molecule is CCN1CCN(c2nccc3cc(N)ccc23)CC1. The molecule has 0 saturated carbocycles. The zero-order chi connectivity index (χ0) is 13.2. The lowest BCUT2D eigenvalue weighted by Crippen LogP contribution is -2.46. The summed E-state index contributed by atoms with van der Waals surface area (Å²) in [4.78, 5) is 9.43. The molecule has 1 aromatic heterocycles. The summed E-state index contributed by atoms with van der Waals surface area (Å²) in [7, 11) is 0. The molecule has 2 aromatic rings. The van der Waals surface area contributed by atoms with Crippen LogP contribution in [0.3, 0.4) is 0 Å². The third-order valence-corrected chi connectivity index (χ3v) is 3.89. The molecule has 4 heteroatoms. The first-order valence-corrected chi connectivity index (χ1v) is 6.89. The number of nitrogens with zero attached hydrogens (tertiary/aromatic N) is 3. The highest BCUT2D eigenvalue weighted by atomic mass is 15.3. The van der Waals surface area contributed by atoms with Gasteiger partial charge in [-0.3, -0.25) is 0 Å². The highest BCUT2D eigenvalue weighted by molar-refractivity contribution is 5.94. The molecule has 0 atom stereocenters. The van der Waals surface area contributed by atoms with Gasteiger partial charge in [0.25, 0.3) is 0 Å². The van der Waals surface area contributed by atoms with Crippen LogP contribution in [0.25, 0.3) is 10.8 Å². The van der Waals surface area contributed by atoms with E-state index in [-0.39, 0.29) is 0 Å². The summed E-state index contributed by atoms with van der Waals surface area (Å²) < 4.78 is 0. The molecule has 1 aliphatic rings. The first kappa shape index (κ1) is 12.2. The Hall–Kier alpha value is -1.81. The van der Waals surface area contributed by atoms with Crippen LogP contribution in [0.5, 0.6) is 0 Å². The zero-order valence-corrected chi connectivity index (χ0v) is 11.3. The summed E-state index contributed by atoms with van der Waals surface area (Å²) in [5, 5.41) is 2.37. The number of fused-ring (bicyclic) bond motifs is 1. The normalized spacial score (nSPS) is 17.0. The Bertz CT molecular complexity index is 573. The predicted octanol–water partition coefficient (Wildman–Crippen LogP) is 1.96. The van der Waals surface area contributed by atoms with E-state index in [1.54, 1.807) is 0 Å². The van der Waals surface area contributed by atoms with Crippen LogP contribution in [-0.4, -0.2) is 42.6 Å². The van der Waals surface area contributed by atoms with Crippen molar-refractivity contribution in [3.63, 3.8) is 0 Å². The molecule has 2 N–H and O–H groups in total. The quantitative estimate of drug-likeness (QED) is 0.834. The molecule has 100 valence electrons. The molecule has 0 radical (unpaired) electrons. The van der Waals surface area contributed by atoms with Gasteiger partial charge < -0.3 is 15.5 Å². The summed E-state index contributed by atoms with van der Waals surface area (Å²) in [5.74, 6) is 1.09. The third-order valence-electron chi connectivity index (χ3n) is 3.89. The van der Waals surface area contributed by atoms with Gasteiger partial charge >= 0.3 is 0 Å². The third kappa shape index (κ3) is 2.36. The number of hydrogen-bond acceptors (Lipinski definition) is 4. The Morgan fingerprint density at radius 1 is 1.16 bits per heavy atom. The van der Waals surface area contributed by atoms with Gasteiger partial charge in [0.15, 0.2) is 0 Å². The van der Waals surface area contributed by atoms with Crippen LogP contribution in [-0.2, 0) is 0 Å². The maximum Gasteiger partial charge on any atom is 0.136 e. The van der Waals surface area contributed by atoms with Crippen LogP contribution in [0.1, 0.15) is 6.92 Å². The van der Waals surface area contributed by atoms with Crippen molar-refractivity contribution in [1.29, 1.82) is 0 Å². The second-order valence-electron chi connectivity index (χ2n) is 5.04. The van der Waals surface area contributed by atoms with Crippen molar-refractivity contribution in [1.82, 2.24) is 9.88 Å². The number of nitrogens with two attached hydrogens (primary N) is 1. The molecule has 0 amide bonds. The molecule has 1 fully saturated rings. The van der Waals surface area contributed by atoms with E-state index in [1.165, 1.54) is 10.8 Å². The number of piperazine rings is 1. The number of anilines is 2. The van der Waals surface area contributed by atoms with Crippen molar-refractivity contribution in [2.24, 2.45) is 0 Å². The van der Waals surface area contributed by atoms with Crippen molar-refractivity contribution in [2.75, 3.05) is 43.4 Å². The van der Waals surface area contributed by atoms with Gasteiger partial charge in [-0.15, -0.1) is 0 Å². The number of hydrogen-bond donors (Lipinski definition) is 1. The highest BCUT2D eigenvalue weighted by Gasteiger charge is 2.18. The molecule has 2 heterocycles. The van der Waals surface area contributed by atoms with Gasteiger partial charge in [-0.2, -0.15) is 0 Å². The van der Waals surface area contributed by atoms with Crippen LogP contribution < -0.4 is 10.6 Å². The molecule has 1 aromatic carbocycles. The lowest BCUT2D eigenvalue weighted by atomic mass is 10.1. The number of likely N-dealkylation sites (N-methyl/N-ethyl adjacent to an activating group) is 1. The average Bonchev–Trinajstić information content (AvgIpc) is 2.46. The van der Waals surface area contributed by atoms with Crippen LogP contribution in [0.15, 0.2) is 30.5 Å². The largest absolute Gasteiger partial charge is 0.399 e. The smallest absolute Gasteiger partial charge is 0.136 e. The minimum atomic E-state index is 0.806. The molecule has 0 unspecified atom stereocenters. The minimum Gasteiger partial charge on any atom is -0.399 e. The molecule has 0 aliphatic carbocycles. The number of benzene rings is 1. The van der Waals surface area contributed by atoms with E-state index in [1.807, 2.05) is 24.4 Å². The van der Waals surface area contributed by atoms with Crippen LogP contribution in [0, 0.1) is 0 Å². The van der Waals surface area contributed by atoms with E-state index in [2.05, 4.69) is 27.8 Å². The fourth-order valence-corrected chi connectivity index (χ4v) is 2.71. The van der Waals surface area contributed by atoms with Crippen molar-refractivity contribution in [3.8, 4) is 0 Å². The fraction of sp³-hybridized carbons (Fsp3) is 0.400. The Labute approximate surface area is 113 Å². The van der Waals surface area contributed by atoms with E-state index in [0.717, 1.165) is 44.2 Å². The van der Waals surface area contributed by atoms with Gasteiger partial charge in [-0.05, 0) is 36.2 Å². The molecule has 0 spiro atoms. The maximum absolute atomic E-state index is 5.85. The molecule has 4 nitrogen and oxygen atoms in total. The van der Waals surface area contributed by atoms with Gasteiger partial charge in [0.1, 0.15) is 5.82 Å². The van der Waals surface area contributed by atoms with Gasteiger partial charge in [0.05, 0.1) is 0 Å². The van der Waals surface area contributed by atoms with Crippen molar-refractivity contribution in [2.45, 2.75) is 6.92 Å². The molecule has 0 bridgehead atoms. The van der Waals surface area contributed by atoms with Crippen LogP contribution in [0.2, 0.25) is 0 Å². The summed E-state index contributed by atoms with van der Waals surface area (Å²) in [6.07, 6.45) is 1.88. The lowest BCUT2D eigenvalue weighted by molar-refractivity contribution is 0.271. The van der Waals surface area contributed by atoms with Gasteiger partial charge in [-0.25, -0.2) is 4.98 Å². The van der Waals surface area contributed by atoms with E-state index in [0.29, 0.717) is 0 Å². The summed E-state index contributed by atoms with van der Waals surface area (Å²) in [5.41, 5.74) is 6.65. The van der Waals surface area contributed by atoms with Crippen LogP contribution >= 0.6 is 0 Å². The molecule has 1 saturated heterocycles. The summed E-state index contributed by atoms with van der Waals surface area (Å²) in [6, 6.07) is 8.08. The molecule has 3 rings (SSSR count). The number of nitrogen functional groups attached to an aromatic ring is 1. The van der Waals surface area contributed by atoms with Gasteiger partial charge in [-0.1, -0.05) is 6.92 Å². The monoisotopic (exact) mass is 256 g/mol. The topological polar surface area (TPSA) is 45.4 Å². The van der Waals surface area contributed by atoms with Crippen molar-refractivity contribution in [3.05, 3.63) is 30.5 Å². The Balaban J connectivity index is 1.93. The zero-order valence-electron chi connectivity index (χ0n) is 11.3. The molecule has 1 aliphatic heterocycles. The second-order valence-corrected chi connectivity index (χ2v) is 5.04. The first-order chi connectivity index (χ1) is 9.28. The Kier molecular flexibility index (Phi) is 3.25. The molecular weight excluding hydrogens is 236 g/mol. The van der Waals surface area contributed by atoms with Crippen molar-refractivity contribution >= 4 is 22.3 Å². The maximum atomic E-state index is 5.85. The van der Waals surface area contributed by atoms with Crippen molar-refractivity contribution < 1.29 is 0 Å². The minimum absolute atomic E-state index is 0.806. The van der Waals surface area contributed by atoms with E-state index < -0.39 is 0 Å².